The summed E-state index contributed by atoms with van der Waals surface area (Å²) in [6, 6.07) is 20.5. The van der Waals surface area contributed by atoms with Gasteiger partial charge >= 0.3 is 0 Å². The summed E-state index contributed by atoms with van der Waals surface area (Å²) < 4.78 is 0. The zero-order chi connectivity index (χ0) is 10.5. The van der Waals surface area contributed by atoms with E-state index in [0.717, 1.165) is 5.69 Å². The minimum absolute atomic E-state index is 1.12. The van der Waals surface area contributed by atoms with E-state index in [1.165, 1.54) is 11.3 Å². The molecular formula is C14H14N+. The van der Waals surface area contributed by atoms with Gasteiger partial charge in [-0.3, -0.25) is 0 Å². The van der Waals surface area contributed by atoms with Crippen LogP contribution in [0.3, 0.4) is 0 Å². The first-order valence-electron chi connectivity index (χ1n) is 5.07. The molecule has 2 rings (SSSR count). The number of hydrogen-bond donors (Lipinski definition) is 1. The van der Waals surface area contributed by atoms with E-state index in [0.29, 0.717) is 0 Å². The van der Waals surface area contributed by atoms with E-state index < -0.39 is 0 Å². The highest BCUT2D eigenvalue weighted by Gasteiger charge is 2.02. The third kappa shape index (κ3) is 2.53. The zero-order valence-corrected chi connectivity index (χ0v) is 8.77. The van der Waals surface area contributed by atoms with E-state index >= 15 is 0 Å². The van der Waals surface area contributed by atoms with E-state index in [-0.39, 0.29) is 0 Å². The van der Waals surface area contributed by atoms with Gasteiger partial charge in [-0.25, -0.2) is 4.99 Å². The monoisotopic (exact) mass is 196 g/mol. The third-order valence-electron chi connectivity index (χ3n) is 2.31. The molecule has 1 nitrogen and oxygen atoms in total. The summed E-state index contributed by atoms with van der Waals surface area (Å²) >= 11 is 0. The number of rotatable bonds is 2. The Morgan fingerprint density at radius 1 is 0.800 bits per heavy atom. The van der Waals surface area contributed by atoms with Crippen LogP contribution in [-0.2, 0) is 0 Å². The minimum atomic E-state index is 1.12. The van der Waals surface area contributed by atoms with Gasteiger partial charge in [-0.2, -0.15) is 0 Å². The van der Waals surface area contributed by atoms with Crippen molar-refractivity contribution in [1.82, 2.24) is 0 Å². The normalized spacial score (nSPS) is 11.4. The van der Waals surface area contributed by atoms with Gasteiger partial charge in [0, 0.05) is 24.6 Å². The Morgan fingerprint density at radius 3 is 1.93 bits per heavy atom. The molecule has 0 aromatic heterocycles. The fourth-order valence-corrected chi connectivity index (χ4v) is 1.50. The Kier molecular flexibility index (Phi) is 2.93. The molecule has 0 saturated carbocycles. The highest BCUT2D eigenvalue weighted by Crippen LogP contribution is 1.99. The second-order valence-electron chi connectivity index (χ2n) is 3.48. The van der Waals surface area contributed by atoms with Crippen molar-refractivity contribution < 1.29 is 4.99 Å². The van der Waals surface area contributed by atoms with Crippen molar-refractivity contribution in [2.45, 2.75) is 6.92 Å². The molecule has 1 heteroatoms. The molecule has 15 heavy (non-hydrogen) atoms. The summed E-state index contributed by atoms with van der Waals surface area (Å²) in [5, 5.41) is 0. The van der Waals surface area contributed by atoms with Crippen molar-refractivity contribution in [1.29, 1.82) is 0 Å². The molecule has 2 aromatic rings. The molecule has 0 radical (unpaired) electrons. The molecule has 0 saturated heterocycles. The molecule has 2 aromatic carbocycles. The van der Waals surface area contributed by atoms with Crippen LogP contribution in [0.4, 0.5) is 5.69 Å². The Hall–Kier alpha value is -1.89. The molecule has 0 atom stereocenters. The summed E-state index contributed by atoms with van der Waals surface area (Å²) in [7, 11) is 0. The Bertz CT molecular complexity index is 443. The van der Waals surface area contributed by atoms with Crippen molar-refractivity contribution in [3.63, 3.8) is 0 Å². The van der Waals surface area contributed by atoms with Gasteiger partial charge in [0.1, 0.15) is 0 Å². The highest BCUT2D eigenvalue weighted by atomic mass is 14.7. The first-order valence-corrected chi connectivity index (χ1v) is 5.07. The highest BCUT2D eigenvalue weighted by molar-refractivity contribution is 5.94. The molecular weight excluding hydrogens is 182 g/mol. The van der Waals surface area contributed by atoms with Gasteiger partial charge in [-0.1, -0.05) is 36.4 Å². The van der Waals surface area contributed by atoms with Crippen LogP contribution in [0, 0.1) is 0 Å². The molecule has 0 unspecified atom stereocenters. The van der Waals surface area contributed by atoms with Crippen LogP contribution in [-0.4, -0.2) is 5.71 Å². The lowest BCUT2D eigenvalue weighted by Gasteiger charge is -1.94. The van der Waals surface area contributed by atoms with Crippen LogP contribution in [0.2, 0.25) is 0 Å². The predicted octanol–water partition coefficient (Wildman–Crippen LogP) is 1.91. The molecule has 0 spiro atoms. The molecule has 0 fully saturated rings. The van der Waals surface area contributed by atoms with E-state index in [1.54, 1.807) is 0 Å². The molecule has 74 valence electrons. The number of nitrogens with one attached hydrogen (secondary N) is 1. The maximum Gasteiger partial charge on any atom is 0.203 e. The molecule has 1 N–H and O–H groups in total. The van der Waals surface area contributed by atoms with Crippen molar-refractivity contribution in [3.8, 4) is 0 Å². The average Bonchev–Trinajstić information content (AvgIpc) is 2.31. The molecule has 0 bridgehead atoms. The Morgan fingerprint density at radius 2 is 1.33 bits per heavy atom. The van der Waals surface area contributed by atoms with Crippen molar-refractivity contribution in [2.75, 3.05) is 0 Å². The van der Waals surface area contributed by atoms with Crippen LogP contribution >= 0.6 is 0 Å². The SMILES string of the molecule is CC(=[NH+]c1ccccc1)c1ccccc1. The first-order chi connectivity index (χ1) is 7.36. The fraction of sp³-hybridized carbons (Fsp3) is 0.0714. The number of benzene rings is 2. The van der Waals surface area contributed by atoms with Crippen LogP contribution in [0.15, 0.2) is 60.7 Å². The van der Waals surface area contributed by atoms with Crippen LogP contribution in [0.5, 0.6) is 0 Å². The van der Waals surface area contributed by atoms with Gasteiger partial charge in [0.05, 0.1) is 0 Å². The van der Waals surface area contributed by atoms with Gasteiger partial charge in [-0.15, -0.1) is 0 Å². The summed E-state index contributed by atoms with van der Waals surface area (Å²) in [6.45, 7) is 2.09. The Balaban J connectivity index is 2.29. The van der Waals surface area contributed by atoms with Crippen molar-refractivity contribution in [3.05, 3.63) is 66.2 Å². The number of hydrogen-bond acceptors (Lipinski definition) is 0. The smallest absolute Gasteiger partial charge is 0.203 e. The minimum Gasteiger partial charge on any atom is -0.209 e. The van der Waals surface area contributed by atoms with Gasteiger partial charge < -0.3 is 0 Å². The van der Waals surface area contributed by atoms with Gasteiger partial charge in [0.25, 0.3) is 0 Å². The van der Waals surface area contributed by atoms with Crippen LogP contribution in [0.1, 0.15) is 12.5 Å². The first kappa shape index (κ1) is 9.66. The summed E-state index contributed by atoms with van der Waals surface area (Å²) in [5.41, 5.74) is 3.52. The summed E-state index contributed by atoms with van der Waals surface area (Å²) in [4.78, 5) is 3.37. The van der Waals surface area contributed by atoms with Crippen LogP contribution in [0.25, 0.3) is 0 Å². The van der Waals surface area contributed by atoms with Crippen molar-refractivity contribution >= 4 is 11.4 Å². The predicted molar refractivity (Wildman–Crippen MR) is 63.3 cm³/mol. The fourth-order valence-electron chi connectivity index (χ4n) is 1.50. The van der Waals surface area contributed by atoms with Crippen LogP contribution < -0.4 is 4.99 Å². The molecule has 0 aliphatic carbocycles. The lowest BCUT2D eigenvalue weighted by molar-refractivity contribution is -0.353. The van der Waals surface area contributed by atoms with E-state index in [4.69, 9.17) is 0 Å². The standard InChI is InChI=1S/C14H13N/c1-12(13-8-4-2-5-9-13)15-14-10-6-3-7-11-14/h2-11H,1H3/p+1. The van der Waals surface area contributed by atoms with Gasteiger partial charge in [-0.05, 0) is 12.1 Å². The summed E-state index contributed by atoms with van der Waals surface area (Å²) in [5.74, 6) is 0. The van der Waals surface area contributed by atoms with Gasteiger partial charge in [0.15, 0.2) is 5.71 Å². The third-order valence-corrected chi connectivity index (χ3v) is 2.31. The molecule has 0 amide bonds. The lowest BCUT2D eigenvalue weighted by Crippen LogP contribution is -2.65. The van der Waals surface area contributed by atoms with Gasteiger partial charge in [0.2, 0.25) is 5.69 Å². The number of para-hydroxylation sites is 1. The quantitative estimate of drug-likeness (QED) is 0.705. The maximum absolute atomic E-state index is 3.37. The summed E-state index contributed by atoms with van der Waals surface area (Å²) in [6.07, 6.45) is 0. The Labute approximate surface area is 90.1 Å². The lowest BCUT2D eigenvalue weighted by atomic mass is 10.1. The maximum atomic E-state index is 3.37. The molecule has 0 aliphatic rings. The van der Waals surface area contributed by atoms with E-state index in [2.05, 4.69) is 36.2 Å². The topological polar surface area (TPSA) is 14.0 Å². The molecule has 0 heterocycles. The zero-order valence-electron chi connectivity index (χ0n) is 8.77. The van der Waals surface area contributed by atoms with Crippen molar-refractivity contribution in [2.24, 2.45) is 0 Å². The largest absolute Gasteiger partial charge is 0.209 e. The van der Waals surface area contributed by atoms with E-state index in [1.807, 2.05) is 36.4 Å². The second-order valence-corrected chi connectivity index (χ2v) is 3.48. The molecule has 0 aliphatic heterocycles. The average molecular weight is 196 g/mol. The van der Waals surface area contributed by atoms with E-state index in [9.17, 15) is 0 Å². The second kappa shape index (κ2) is 4.56.